The van der Waals surface area contributed by atoms with E-state index in [-0.39, 0.29) is 18.2 Å². The molecule has 0 aliphatic heterocycles. The Balaban J connectivity index is 2.61. The van der Waals surface area contributed by atoms with Crippen molar-refractivity contribution in [3.63, 3.8) is 0 Å². The third kappa shape index (κ3) is 3.84. The Hall–Kier alpha value is -2.28. The maximum absolute atomic E-state index is 10.4. The average Bonchev–Trinajstić information content (AvgIpc) is 2.25. The second-order valence-electron chi connectivity index (χ2n) is 3.26. The largest absolute Gasteiger partial charge is 0.384 e. The highest BCUT2D eigenvalue weighted by atomic mass is 16.1. The molecule has 0 saturated carbocycles. The number of carbonyl (C=O) groups excluding carboxylic acids is 1. The van der Waals surface area contributed by atoms with Gasteiger partial charge < -0.3 is 11.5 Å². The summed E-state index contributed by atoms with van der Waals surface area (Å²) in [4.78, 5) is 10.4. The molecule has 0 fully saturated rings. The van der Waals surface area contributed by atoms with Crippen LogP contribution >= 0.6 is 0 Å². The lowest BCUT2D eigenvalue weighted by Crippen LogP contribution is -2.10. The van der Waals surface area contributed by atoms with Crippen molar-refractivity contribution in [2.24, 2.45) is 11.5 Å². The van der Waals surface area contributed by atoms with Crippen LogP contribution in [-0.4, -0.2) is 11.7 Å². The molecule has 5 N–H and O–H groups in total. The molecule has 1 rings (SSSR count). The first-order chi connectivity index (χ1) is 7.59. The summed E-state index contributed by atoms with van der Waals surface area (Å²) in [6.07, 6.45) is 0.738. The van der Waals surface area contributed by atoms with Crippen molar-refractivity contribution in [1.29, 1.82) is 5.41 Å². The van der Waals surface area contributed by atoms with Crippen LogP contribution < -0.4 is 11.5 Å². The van der Waals surface area contributed by atoms with Gasteiger partial charge in [0.2, 0.25) is 5.91 Å². The second-order valence-corrected chi connectivity index (χ2v) is 3.26. The fourth-order valence-corrected chi connectivity index (χ4v) is 1.08. The predicted octanol–water partition coefficient (Wildman–Crippen LogP) is 0.588. The SMILES string of the molecule is N=C(N)c1ccc(C#CCCC(N)=O)cc1. The van der Waals surface area contributed by atoms with Gasteiger partial charge in [-0.3, -0.25) is 10.2 Å². The van der Waals surface area contributed by atoms with Gasteiger partial charge in [0.05, 0.1) is 0 Å². The first-order valence-corrected chi connectivity index (χ1v) is 4.81. The van der Waals surface area contributed by atoms with Crippen LogP contribution in [0.2, 0.25) is 0 Å². The molecule has 4 nitrogen and oxygen atoms in total. The van der Waals surface area contributed by atoms with Crippen molar-refractivity contribution in [1.82, 2.24) is 0 Å². The van der Waals surface area contributed by atoms with Crippen LogP contribution in [0.4, 0.5) is 0 Å². The highest BCUT2D eigenvalue weighted by Gasteiger charge is 1.94. The summed E-state index contributed by atoms with van der Waals surface area (Å²) in [6.45, 7) is 0. The number of nitrogen functional groups attached to an aromatic ring is 1. The van der Waals surface area contributed by atoms with Gasteiger partial charge in [-0.1, -0.05) is 24.0 Å². The van der Waals surface area contributed by atoms with Gasteiger partial charge in [-0.15, -0.1) is 0 Å². The normalized spacial score (nSPS) is 9.00. The lowest BCUT2D eigenvalue weighted by molar-refractivity contribution is -0.117. The zero-order valence-corrected chi connectivity index (χ0v) is 8.79. The highest BCUT2D eigenvalue weighted by Crippen LogP contribution is 2.02. The molecule has 0 heterocycles. The van der Waals surface area contributed by atoms with E-state index in [1.807, 2.05) is 0 Å². The minimum Gasteiger partial charge on any atom is -0.384 e. The Morgan fingerprint density at radius 2 is 1.88 bits per heavy atom. The van der Waals surface area contributed by atoms with Gasteiger partial charge in [-0.05, 0) is 12.1 Å². The maximum Gasteiger partial charge on any atom is 0.218 e. The van der Waals surface area contributed by atoms with Crippen LogP contribution in [-0.2, 0) is 4.79 Å². The number of hydrogen-bond donors (Lipinski definition) is 3. The van der Waals surface area contributed by atoms with Crippen molar-refractivity contribution in [2.75, 3.05) is 0 Å². The van der Waals surface area contributed by atoms with Gasteiger partial charge in [-0.2, -0.15) is 0 Å². The number of amidine groups is 1. The molecule has 4 heteroatoms. The third-order valence-corrected chi connectivity index (χ3v) is 1.93. The second kappa shape index (κ2) is 5.56. The van der Waals surface area contributed by atoms with E-state index in [9.17, 15) is 4.79 Å². The number of amides is 1. The van der Waals surface area contributed by atoms with Crippen LogP contribution in [0.15, 0.2) is 24.3 Å². The number of carbonyl (C=O) groups is 1. The van der Waals surface area contributed by atoms with Crippen LogP contribution in [0.25, 0.3) is 0 Å². The van der Waals surface area contributed by atoms with Gasteiger partial charge in [0, 0.05) is 24.0 Å². The summed E-state index contributed by atoms with van der Waals surface area (Å²) in [7, 11) is 0. The lowest BCUT2D eigenvalue weighted by Gasteiger charge is -1.96. The standard InChI is InChI=1S/C12H13N3O/c13-11(16)4-2-1-3-9-5-7-10(8-6-9)12(14)15/h5-8H,2,4H2,(H2,13,16)(H3,14,15). The topological polar surface area (TPSA) is 93.0 Å². The summed E-state index contributed by atoms with van der Waals surface area (Å²) >= 11 is 0. The number of primary amides is 1. The molecule has 1 amide bonds. The monoisotopic (exact) mass is 215 g/mol. The smallest absolute Gasteiger partial charge is 0.218 e. The Kier molecular flexibility index (Phi) is 4.10. The Bertz CT molecular complexity index is 451. The zero-order valence-electron chi connectivity index (χ0n) is 8.79. The predicted molar refractivity (Wildman–Crippen MR) is 62.8 cm³/mol. The molecule has 0 bridgehead atoms. The quantitative estimate of drug-likeness (QED) is 0.391. The highest BCUT2D eigenvalue weighted by molar-refractivity contribution is 5.94. The molecule has 0 atom stereocenters. The summed E-state index contributed by atoms with van der Waals surface area (Å²) < 4.78 is 0. The van der Waals surface area contributed by atoms with Gasteiger partial charge in [0.15, 0.2) is 0 Å². The van der Waals surface area contributed by atoms with Gasteiger partial charge in [0.25, 0.3) is 0 Å². The van der Waals surface area contributed by atoms with E-state index in [0.717, 1.165) is 5.56 Å². The van der Waals surface area contributed by atoms with E-state index in [4.69, 9.17) is 16.9 Å². The van der Waals surface area contributed by atoms with Gasteiger partial charge in [0.1, 0.15) is 5.84 Å². The Morgan fingerprint density at radius 1 is 1.25 bits per heavy atom. The van der Waals surface area contributed by atoms with Crippen LogP contribution in [0, 0.1) is 17.3 Å². The van der Waals surface area contributed by atoms with E-state index in [1.165, 1.54) is 0 Å². The van der Waals surface area contributed by atoms with Crippen LogP contribution in [0.5, 0.6) is 0 Å². The molecule has 0 aliphatic rings. The summed E-state index contributed by atoms with van der Waals surface area (Å²) in [5.74, 6) is 5.43. The van der Waals surface area contributed by atoms with E-state index in [1.54, 1.807) is 24.3 Å². The number of nitrogens with one attached hydrogen (secondary N) is 1. The minimum atomic E-state index is -0.346. The molecular weight excluding hydrogens is 202 g/mol. The molecule has 16 heavy (non-hydrogen) atoms. The average molecular weight is 215 g/mol. The molecule has 82 valence electrons. The van der Waals surface area contributed by atoms with E-state index in [0.29, 0.717) is 12.0 Å². The van der Waals surface area contributed by atoms with Crippen molar-refractivity contribution >= 4 is 11.7 Å². The molecule has 1 aromatic rings. The van der Waals surface area contributed by atoms with Crippen LogP contribution in [0.3, 0.4) is 0 Å². The number of benzene rings is 1. The van der Waals surface area contributed by atoms with Crippen LogP contribution in [0.1, 0.15) is 24.0 Å². The summed E-state index contributed by atoms with van der Waals surface area (Å²) in [5, 5.41) is 7.21. The van der Waals surface area contributed by atoms with Gasteiger partial charge in [-0.25, -0.2) is 0 Å². The number of nitrogens with two attached hydrogens (primary N) is 2. The molecule has 0 spiro atoms. The van der Waals surface area contributed by atoms with E-state index >= 15 is 0 Å². The Labute approximate surface area is 94.1 Å². The van der Waals surface area contributed by atoms with Crippen molar-refractivity contribution in [3.8, 4) is 11.8 Å². The lowest BCUT2D eigenvalue weighted by atomic mass is 10.1. The molecule has 0 unspecified atom stereocenters. The molecule has 0 aromatic heterocycles. The summed E-state index contributed by atoms with van der Waals surface area (Å²) in [6, 6.07) is 7.04. The van der Waals surface area contributed by atoms with Crippen molar-refractivity contribution in [3.05, 3.63) is 35.4 Å². The fourth-order valence-electron chi connectivity index (χ4n) is 1.08. The molecule has 0 aliphatic carbocycles. The van der Waals surface area contributed by atoms with E-state index < -0.39 is 0 Å². The molecule has 0 radical (unpaired) electrons. The summed E-state index contributed by atoms with van der Waals surface area (Å²) in [5.41, 5.74) is 11.8. The zero-order chi connectivity index (χ0) is 12.0. The molecule has 0 saturated heterocycles. The Morgan fingerprint density at radius 3 is 2.38 bits per heavy atom. The van der Waals surface area contributed by atoms with E-state index in [2.05, 4.69) is 11.8 Å². The first-order valence-electron chi connectivity index (χ1n) is 4.81. The maximum atomic E-state index is 10.4. The van der Waals surface area contributed by atoms with Crippen molar-refractivity contribution < 1.29 is 4.79 Å². The number of hydrogen-bond acceptors (Lipinski definition) is 2. The van der Waals surface area contributed by atoms with Gasteiger partial charge >= 0.3 is 0 Å². The molecular formula is C12H13N3O. The van der Waals surface area contributed by atoms with Crippen molar-refractivity contribution in [2.45, 2.75) is 12.8 Å². The fraction of sp³-hybridized carbons (Fsp3) is 0.167. The minimum absolute atomic E-state index is 0.0354. The third-order valence-electron chi connectivity index (χ3n) is 1.93. The first kappa shape index (κ1) is 11.8. The number of rotatable bonds is 3. The molecule has 1 aromatic carbocycles.